The Labute approximate surface area is 83.2 Å². The highest BCUT2D eigenvalue weighted by Gasteiger charge is 2.09. The third-order valence-corrected chi connectivity index (χ3v) is 2.33. The molecule has 2 heterocycles. The van der Waals surface area contributed by atoms with Crippen molar-refractivity contribution in [2.75, 3.05) is 0 Å². The molecule has 0 fully saturated rings. The van der Waals surface area contributed by atoms with Crippen molar-refractivity contribution in [1.29, 1.82) is 0 Å². The number of fused-ring (bicyclic) bond motifs is 1. The summed E-state index contributed by atoms with van der Waals surface area (Å²) in [6.45, 7) is 1.60. The maximum atomic E-state index is 11.7. The molecule has 2 aromatic heterocycles. The molecular weight excluding hydrogens is 198 g/mol. The Bertz CT molecular complexity index is 705. The summed E-state index contributed by atoms with van der Waals surface area (Å²) in [5, 5.41) is -0.0166. The number of aromatic nitrogens is 3. The average molecular weight is 207 g/mol. The lowest BCUT2D eigenvalue weighted by molar-refractivity contribution is 0.827. The first-order chi connectivity index (χ1) is 7.02. The Morgan fingerprint density at radius 3 is 2.60 bits per heavy atom. The van der Waals surface area contributed by atoms with Crippen LogP contribution in [0.1, 0.15) is 5.56 Å². The van der Waals surface area contributed by atoms with Gasteiger partial charge >= 0.3 is 5.69 Å². The molecule has 0 saturated heterocycles. The van der Waals surface area contributed by atoms with Crippen molar-refractivity contribution >= 4 is 11.0 Å². The van der Waals surface area contributed by atoms with Gasteiger partial charge in [0.1, 0.15) is 11.0 Å². The molecule has 0 radical (unpaired) electrons. The van der Waals surface area contributed by atoms with Crippen LogP contribution in [0.5, 0.6) is 0 Å². The molecule has 0 atom stereocenters. The minimum Gasteiger partial charge on any atom is -0.347 e. The van der Waals surface area contributed by atoms with Crippen LogP contribution in [0, 0.1) is 6.92 Å². The molecule has 6 heteroatoms. The van der Waals surface area contributed by atoms with Gasteiger partial charge in [-0.2, -0.15) is 0 Å². The third kappa shape index (κ3) is 1.22. The summed E-state index contributed by atoms with van der Waals surface area (Å²) in [6.07, 6.45) is 1.48. The predicted molar refractivity (Wildman–Crippen MR) is 55.2 cm³/mol. The van der Waals surface area contributed by atoms with Crippen LogP contribution in [-0.2, 0) is 7.05 Å². The second-order valence-corrected chi connectivity index (χ2v) is 3.34. The van der Waals surface area contributed by atoms with Gasteiger partial charge in [-0.25, -0.2) is 4.79 Å². The lowest BCUT2D eigenvalue weighted by atomic mass is 10.2. The maximum absolute atomic E-state index is 11.7. The van der Waals surface area contributed by atoms with Crippen LogP contribution in [0.4, 0.5) is 0 Å². The summed E-state index contributed by atoms with van der Waals surface area (Å²) in [6, 6.07) is 0. The fourth-order valence-corrected chi connectivity index (χ4v) is 1.44. The highest BCUT2D eigenvalue weighted by Crippen LogP contribution is 1.97. The van der Waals surface area contributed by atoms with Crippen LogP contribution < -0.4 is 16.7 Å². The van der Waals surface area contributed by atoms with Gasteiger partial charge in [-0.1, -0.05) is 0 Å². The number of aromatic amines is 2. The largest absolute Gasteiger partial charge is 0.347 e. The monoisotopic (exact) mass is 207 g/mol. The normalized spacial score (nSPS) is 10.8. The Morgan fingerprint density at radius 2 is 1.93 bits per heavy atom. The predicted octanol–water partition coefficient (Wildman–Crippen LogP) is -0.776. The zero-order valence-electron chi connectivity index (χ0n) is 8.25. The van der Waals surface area contributed by atoms with E-state index in [2.05, 4.69) is 9.97 Å². The molecule has 0 aliphatic rings. The van der Waals surface area contributed by atoms with Crippen LogP contribution in [0.15, 0.2) is 20.6 Å². The fraction of sp³-hybridized carbons (Fsp3) is 0.222. The van der Waals surface area contributed by atoms with Crippen LogP contribution in [-0.4, -0.2) is 14.5 Å². The first kappa shape index (κ1) is 9.45. The number of nitrogens with zero attached hydrogens (tertiary/aromatic N) is 1. The fourth-order valence-electron chi connectivity index (χ4n) is 1.44. The number of hydrogen-bond acceptors (Lipinski definition) is 3. The SMILES string of the molecule is Cc1c[nH]c2c(c(=O)[nH]c(=O)n2C)c1=O. The summed E-state index contributed by atoms with van der Waals surface area (Å²) in [4.78, 5) is 39.2. The topological polar surface area (TPSA) is 87.7 Å². The quantitative estimate of drug-likeness (QED) is 0.594. The molecule has 0 saturated carbocycles. The molecule has 2 aromatic rings. The molecule has 0 unspecified atom stereocenters. The minimum atomic E-state index is -0.655. The molecule has 2 rings (SSSR count). The van der Waals surface area contributed by atoms with Gasteiger partial charge < -0.3 is 4.98 Å². The molecular formula is C9H9N3O3. The van der Waals surface area contributed by atoms with Crippen LogP contribution in [0.3, 0.4) is 0 Å². The molecule has 0 amide bonds. The molecule has 0 aliphatic carbocycles. The third-order valence-electron chi connectivity index (χ3n) is 2.33. The lowest BCUT2D eigenvalue weighted by Crippen LogP contribution is -2.32. The summed E-state index contributed by atoms with van der Waals surface area (Å²) < 4.78 is 1.19. The highest BCUT2D eigenvalue weighted by atomic mass is 16.2. The van der Waals surface area contributed by atoms with E-state index in [-0.39, 0.29) is 16.5 Å². The second-order valence-electron chi connectivity index (χ2n) is 3.34. The van der Waals surface area contributed by atoms with Gasteiger partial charge in [-0.3, -0.25) is 19.1 Å². The van der Waals surface area contributed by atoms with E-state index in [4.69, 9.17) is 0 Å². The van der Waals surface area contributed by atoms with E-state index >= 15 is 0 Å². The summed E-state index contributed by atoms with van der Waals surface area (Å²) in [5.74, 6) is 0. The van der Waals surface area contributed by atoms with Crippen molar-refractivity contribution in [3.8, 4) is 0 Å². The van der Waals surface area contributed by atoms with Crippen LogP contribution in [0.2, 0.25) is 0 Å². The number of nitrogens with one attached hydrogen (secondary N) is 2. The van der Waals surface area contributed by atoms with Gasteiger partial charge in [0.15, 0.2) is 5.43 Å². The van der Waals surface area contributed by atoms with Crippen LogP contribution in [0.25, 0.3) is 11.0 Å². The number of hydrogen-bond donors (Lipinski definition) is 2. The first-order valence-electron chi connectivity index (χ1n) is 4.33. The maximum Gasteiger partial charge on any atom is 0.329 e. The Hall–Kier alpha value is -2.11. The van der Waals surface area contributed by atoms with Gasteiger partial charge in [0.25, 0.3) is 5.56 Å². The zero-order chi connectivity index (χ0) is 11.2. The van der Waals surface area contributed by atoms with Gasteiger partial charge in [0.2, 0.25) is 0 Å². The van der Waals surface area contributed by atoms with Crippen molar-refractivity contribution in [3.05, 3.63) is 42.8 Å². The highest BCUT2D eigenvalue weighted by molar-refractivity contribution is 5.73. The summed E-state index contributed by atoms with van der Waals surface area (Å²) in [7, 11) is 1.48. The van der Waals surface area contributed by atoms with E-state index in [0.29, 0.717) is 5.56 Å². The average Bonchev–Trinajstić information content (AvgIpc) is 2.18. The van der Waals surface area contributed by atoms with Crippen molar-refractivity contribution in [3.63, 3.8) is 0 Å². The molecule has 0 aromatic carbocycles. The smallest absolute Gasteiger partial charge is 0.329 e. The molecule has 0 spiro atoms. The van der Waals surface area contributed by atoms with E-state index < -0.39 is 11.2 Å². The molecule has 6 nitrogen and oxygen atoms in total. The molecule has 78 valence electrons. The van der Waals surface area contributed by atoms with E-state index in [1.165, 1.54) is 17.8 Å². The lowest BCUT2D eigenvalue weighted by Gasteiger charge is -2.02. The van der Waals surface area contributed by atoms with E-state index in [0.717, 1.165) is 0 Å². The van der Waals surface area contributed by atoms with Gasteiger partial charge in [0.05, 0.1) is 0 Å². The van der Waals surface area contributed by atoms with Gasteiger partial charge in [-0.15, -0.1) is 0 Å². The molecule has 15 heavy (non-hydrogen) atoms. The van der Waals surface area contributed by atoms with Crippen LogP contribution >= 0.6 is 0 Å². The Morgan fingerprint density at radius 1 is 1.27 bits per heavy atom. The number of rotatable bonds is 0. The number of aryl methyl sites for hydroxylation is 2. The van der Waals surface area contributed by atoms with Gasteiger partial charge in [-0.05, 0) is 6.92 Å². The number of H-pyrrole nitrogens is 2. The second kappa shape index (κ2) is 2.94. The first-order valence-corrected chi connectivity index (χ1v) is 4.33. The standard InChI is InChI=1S/C9H9N3O3/c1-4-3-10-7-5(6(4)13)8(14)11-9(15)12(7)2/h3H,1-2H3,(H,10,13)(H,11,14,15). The van der Waals surface area contributed by atoms with E-state index in [1.54, 1.807) is 6.92 Å². The van der Waals surface area contributed by atoms with Crippen molar-refractivity contribution < 1.29 is 0 Å². The van der Waals surface area contributed by atoms with Gasteiger partial charge in [0, 0.05) is 18.8 Å². The Balaban J connectivity index is 3.25. The van der Waals surface area contributed by atoms with E-state index in [9.17, 15) is 14.4 Å². The minimum absolute atomic E-state index is 0.0166. The zero-order valence-corrected chi connectivity index (χ0v) is 8.25. The Kier molecular flexibility index (Phi) is 1.85. The summed E-state index contributed by atoms with van der Waals surface area (Å²) in [5.41, 5.74) is -0.892. The van der Waals surface area contributed by atoms with Crippen molar-refractivity contribution in [2.24, 2.45) is 7.05 Å². The summed E-state index contributed by atoms with van der Waals surface area (Å²) >= 11 is 0. The molecule has 0 bridgehead atoms. The molecule has 0 aliphatic heterocycles. The van der Waals surface area contributed by atoms with Crippen molar-refractivity contribution in [1.82, 2.24) is 14.5 Å². The van der Waals surface area contributed by atoms with E-state index in [1.807, 2.05) is 0 Å². The number of pyridine rings is 1. The van der Waals surface area contributed by atoms with Crippen molar-refractivity contribution in [2.45, 2.75) is 6.92 Å². The molecule has 2 N–H and O–H groups in total.